The minimum absolute atomic E-state index is 0.0179. The van der Waals surface area contributed by atoms with Crippen LogP contribution in [0.3, 0.4) is 0 Å². The third-order valence-electron chi connectivity index (χ3n) is 0.652. The fraction of sp³-hybridized carbons (Fsp3) is 0.167. The van der Waals surface area contributed by atoms with Gasteiger partial charge >= 0.3 is 0 Å². The summed E-state index contributed by atoms with van der Waals surface area (Å²) in [6, 6.07) is 5.15. The molecule has 0 spiro atoms. The highest BCUT2D eigenvalue weighted by Crippen LogP contribution is 1.95. The van der Waals surface area contributed by atoms with Crippen LogP contribution in [0, 0.1) is 34.0 Å². The normalized spacial score (nSPS) is 8.78. The molecule has 42 valence electrons. The number of rotatable bonds is 1. The molecule has 0 N–H and O–H groups in total. The molecule has 0 unspecified atom stereocenters. The van der Waals surface area contributed by atoms with Gasteiger partial charge in [0, 0.05) is 6.08 Å². The summed E-state index contributed by atoms with van der Waals surface area (Å²) in [5.74, 6) is 0. The number of hydrogen-bond acceptors (Lipinski definition) is 3. The van der Waals surface area contributed by atoms with Crippen LogP contribution in [0.25, 0.3) is 0 Å². The van der Waals surface area contributed by atoms with Crippen LogP contribution in [0.4, 0.5) is 0 Å². The first kappa shape index (κ1) is 7.21. The van der Waals surface area contributed by atoms with Gasteiger partial charge in [-0.3, -0.25) is 0 Å². The average Bonchev–Trinajstić information content (AvgIpc) is 1.88. The van der Waals surface area contributed by atoms with Gasteiger partial charge in [-0.15, -0.1) is 0 Å². The smallest absolute Gasteiger partial charge is 0.0965 e. The molecule has 0 aromatic carbocycles. The Kier molecular flexibility index (Phi) is 3.50. The van der Waals surface area contributed by atoms with Crippen LogP contribution < -0.4 is 0 Å². The van der Waals surface area contributed by atoms with E-state index in [1.165, 1.54) is 0 Å². The Labute approximate surface area is 53.1 Å². The third kappa shape index (κ3) is 2.85. The molecule has 0 heterocycles. The van der Waals surface area contributed by atoms with E-state index in [4.69, 9.17) is 15.8 Å². The van der Waals surface area contributed by atoms with Crippen molar-refractivity contribution < 1.29 is 0 Å². The molecule has 0 aromatic rings. The van der Waals surface area contributed by atoms with Gasteiger partial charge in [-0.1, -0.05) is 0 Å². The molecule has 0 saturated heterocycles. The van der Waals surface area contributed by atoms with E-state index < -0.39 is 0 Å². The van der Waals surface area contributed by atoms with Crippen molar-refractivity contribution in [2.45, 2.75) is 6.42 Å². The first-order chi connectivity index (χ1) is 4.35. The first-order valence-electron chi connectivity index (χ1n) is 2.21. The Bertz CT molecular complexity index is 230. The Balaban J connectivity index is 4.11. The van der Waals surface area contributed by atoms with Crippen molar-refractivity contribution in [3.05, 3.63) is 11.6 Å². The molecule has 0 aliphatic rings. The molecule has 0 aliphatic carbocycles. The van der Waals surface area contributed by atoms with Gasteiger partial charge in [-0.25, -0.2) is 0 Å². The fourth-order valence-electron chi connectivity index (χ4n) is 0.286. The van der Waals surface area contributed by atoms with E-state index in [0.717, 1.165) is 6.08 Å². The summed E-state index contributed by atoms with van der Waals surface area (Å²) >= 11 is 0. The summed E-state index contributed by atoms with van der Waals surface area (Å²) in [6.07, 6.45) is 1.09. The lowest BCUT2D eigenvalue weighted by Crippen LogP contribution is -1.72. The summed E-state index contributed by atoms with van der Waals surface area (Å²) in [5.41, 5.74) is 0.208. The maximum atomic E-state index is 8.17. The van der Waals surface area contributed by atoms with E-state index in [1.54, 1.807) is 18.2 Å². The number of nitrogens with zero attached hydrogens (tertiary/aromatic N) is 3. The van der Waals surface area contributed by atoms with Gasteiger partial charge in [0.1, 0.15) is 0 Å². The molecule has 0 bridgehead atoms. The minimum Gasteiger partial charge on any atom is -0.198 e. The zero-order valence-electron chi connectivity index (χ0n) is 4.63. The molecule has 0 aliphatic heterocycles. The van der Waals surface area contributed by atoms with Crippen LogP contribution in [-0.2, 0) is 0 Å². The van der Waals surface area contributed by atoms with Crippen molar-refractivity contribution in [1.82, 2.24) is 0 Å². The monoisotopic (exact) mass is 117 g/mol. The van der Waals surface area contributed by atoms with Crippen LogP contribution in [-0.4, -0.2) is 0 Å². The zero-order chi connectivity index (χ0) is 7.11. The van der Waals surface area contributed by atoms with Gasteiger partial charge in [-0.05, 0) is 0 Å². The second-order valence-corrected chi connectivity index (χ2v) is 1.25. The predicted molar refractivity (Wildman–Crippen MR) is 29.5 cm³/mol. The summed E-state index contributed by atoms with van der Waals surface area (Å²) in [7, 11) is 0. The number of nitriles is 3. The van der Waals surface area contributed by atoms with Crippen molar-refractivity contribution in [3.63, 3.8) is 0 Å². The second-order valence-electron chi connectivity index (χ2n) is 1.25. The molecular formula is C6H3N3. The Morgan fingerprint density at radius 2 is 2.00 bits per heavy atom. The topological polar surface area (TPSA) is 71.4 Å². The van der Waals surface area contributed by atoms with Crippen molar-refractivity contribution in [1.29, 1.82) is 15.8 Å². The number of allylic oxidation sites excluding steroid dienone is 2. The van der Waals surface area contributed by atoms with Crippen LogP contribution >= 0.6 is 0 Å². The van der Waals surface area contributed by atoms with Gasteiger partial charge < -0.3 is 0 Å². The first-order valence-corrected chi connectivity index (χ1v) is 2.21. The van der Waals surface area contributed by atoms with Gasteiger partial charge in [0.15, 0.2) is 0 Å². The predicted octanol–water partition coefficient (Wildman–Crippen LogP) is 0.874. The highest BCUT2D eigenvalue weighted by molar-refractivity contribution is 5.28. The van der Waals surface area contributed by atoms with E-state index >= 15 is 0 Å². The number of hydrogen-bond donors (Lipinski definition) is 0. The van der Waals surface area contributed by atoms with Crippen LogP contribution in [0.2, 0.25) is 0 Å². The molecular weight excluding hydrogens is 114 g/mol. The lowest BCUT2D eigenvalue weighted by molar-refractivity contribution is 1.27. The zero-order valence-corrected chi connectivity index (χ0v) is 4.63. The second kappa shape index (κ2) is 4.37. The highest BCUT2D eigenvalue weighted by atomic mass is 14.3. The molecule has 0 aromatic heterocycles. The van der Waals surface area contributed by atoms with E-state index in [1.807, 2.05) is 0 Å². The van der Waals surface area contributed by atoms with E-state index in [-0.39, 0.29) is 12.0 Å². The molecule has 0 radical (unpaired) electrons. The summed E-state index contributed by atoms with van der Waals surface area (Å²) in [5, 5.41) is 24.2. The molecule has 0 fully saturated rings. The molecule has 9 heavy (non-hydrogen) atoms. The minimum atomic E-state index is 0.0179. The van der Waals surface area contributed by atoms with Crippen molar-refractivity contribution in [2.75, 3.05) is 0 Å². The Morgan fingerprint density at radius 1 is 1.33 bits per heavy atom. The molecule has 0 amide bonds. The summed E-state index contributed by atoms with van der Waals surface area (Å²) < 4.78 is 0. The Morgan fingerprint density at radius 3 is 2.33 bits per heavy atom. The van der Waals surface area contributed by atoms with Crippen LogP contribution in [0.5, 0.6) is 0 Å². The average molecular weight is 117 g/mol. The van der Waals surface area contributed by atoms with Crippen molar-refractivity contribution in [2.24, 2.45) is 0 Å². The maximum Gasteiger partial charge on any atom is 0.0965 e. The molecule has 0 atom stereocenters. The van der Waals surface area contributed by atoms with Gasteiger partial charge in [0.2, 0.25) is 0 Å². The van der Waals surface area contributed by atoms with E-state index in [0.29, 0.717) is 0 Å². The summed E-state index contributed by atoms with van der Waals surface area (Å²) in [6.45, 7) is 0. The van der Waals surface area contributed by atoms with Crippen molar-refractivity contribution in [3.8, 4) is 18.2 Å². The molecule has 3 nitrogen and oxygen atoms in total. The molecule has 0 rings (SSSR count). The maximum absolute atomic E-state index is 8.17. The van der Waals surface area contributed by atoms with Gasteiger partial charge in [0.25, 0.3) is 0 Å². The largest absolute Gasteiger partial charge is 0.198 e. The van der Waals surface area contributed by atoms with E-state index in [2.05, 4.69) is 0 Å². The van der Waals surface area contributed by atoms with Crippen LogP contribution in [0.1, 0.15) is 6.42 Å². The highest BCUT2D eigenvalue weighted by Gasteiger charge is 1.89. The third-order valence-corrected chi connectivity index (χ3v) is 0.652. The lowest BCUT2D eigenvalue weighted by atomic mass is 10.2. The quantitative estimate of drug-likeness (QED) is 0.478. The van der Waals surface area contributed by atoms with Gasteiger partial charge in [0.05, 0.1) is 30.2 Å². The van der Waals surface area contributed by atoms with Crippen LogP contribution in [0.15, 0.2) is 11.6 Å². The van der Waals surface area contributed by atoms with Crippen molar-refractivity contribution >= 4 is 0 Å². The lowest BCUT2D eigenvalue weighted by Gasteiger charge is -1.77. The van der Waals surface area contributed by atoms with Gasteiger partial charge in [-0.2, -0.15) is 15.8 Å². The van der Waals surface area contributed by atoms with E-state index in [9.17, 15) is 0 Å². The fourth-order valence-corrected chi connectivity index (χ4v) is 0.286. The molecule has 3 heteroatoms. The molecule has 0 saturated carbocycles. The summed E-state index contributed by atoms with van der Waals surface area (Å²) in [4.78, 5) is 0. The Hall–Kier alpha value is -1.79. The SMILES string of the molecule is N#CC=C(C#N)CC#N. The standard InChI is InChI=1S/C6H3N3/c7-3-1-6(5-9)2-4-8/h1H,2H2.